The van der Waals surface area contributed by atoms with Crippen molar-refractivity contribution in [2.24, 2.45) is 0 Å². The number of nitrogens with zero attached hydrogens (tertiary/aromatic N) is 5. The highest BCUT2D eigenvalue weighted by molar-refractivity contribution is 5.97. The average Bonchev–Trinajstić information content (AvgIpc) is 3.28. The minimum atomic E-state index is -3.13. The molecule has 13 heteroatoms. The number of pyridine rings is 1. The lowest BCUT2D eigenvalue weighted by molar-refractivity contribution is -0.662. The zero-order valence-corrected chi connectivity index (χ0v) is 21.6. The molecule has 0 radical (unpaired) electrons. The van der Waals surface area contributed by atoms with Gasteiger partial charge in [-0.1, -0.05) is 0 Å². The zero-order valence-electron chi connectivity index (χ0n) is 21.6. The lowest BCUT2D eigenvalue weighted by atomic mass is 10.1. The average molecular weight is 545 g/mol. The van der Waals surface area contributed by atoms with Crippen LogP contribution in [0.1, 0.15) is 31.1 Å². The Hall–Kier alpha value is -3.73. The van der Waals surface area contributed by atoms with Gasteiger partial charge in [0.2, 0.25) is 17.7 Å². The number of fused-ring (bicyclic) bond motifs is 1. The number of aliphatic hydroxyl groups is 1. The van der Waals surface area contributed by atoms with Crippen LogP contribution in [0.3, 0.4) is 0 Å². The smallest absolute Gasteiger partial charge is 0.268 e. The molecule has 2 aliphatic rings. The van der Waals surface area contributed by atoms with E-state index in [1.165, 1.54) is 11.1 Å². The van der Waals surface area contributed by atoms with E-state index in [1.807, 2.05) is 0 Å². The molecule has 208 valence electrons. The maximum atomic E-state index is 13.7. The minimum Gasteiger partial charge on any atom is -0.374 e. The quantitative estimate of drug-likeness (QED) is 0.388. The van der Waals surface area contributed by atoms with Crippen molar-refractivity contribution < 1.29 is 33.6 Å². The molecule has 2 saturated heterocycles. The molecular formula is C26H32F2N7O4+. The summed E-state index contributed by atoms with van der Waals surface area (Å²) in [5.41, 5.74) is 1.43. The van der Waals surface area contributed by atoms with Crippen LogP contribution < -0.4 is 15.5 Å². The van der Waals surface area contributed by atoms with Crippen molar-refractivity contribution in [2.75, 3.05) is 51.2 Å². The molecule has 1 unspecified atom stereocenters. The fraction of sp³-hybridized carbons (Fsp3) is 0.500. The number of amides is 3. The van der Waals surface area contributed by atoms with Crippen LogP contribution in [0.2, 0.25) is 0 Å². The molecule has 11 nitrogen and oxygen atoms in total. The summed E-state index contributed by atoms with van der Waals surface area (Å²) >= 11 is 0. The molecule has 0 spiro atoms. The molecule has 2 atom stereocenters. The molecule has 2 fully saturated rings. The Labute approximate surface area is 224 Å². The summed E-state index contributed by atoms with van der Waals surface area (Å²) in [6.07, 6.45) is -0.406. The number of nitrogens with one attached hydrogen (secondary N) is 1. The van der Waals surface area contributed by atoms with Crippen LogP contribution in [0.4, 0.5) is 14.5 Å². The van der Waals surface area contributed by atoms with Crippen molar-refractivity contribution in [3.63, 3.8) is 0 Å². The summed E-state index contributed by atoms with van der Waals surface area (Å²) < 4.78 is 27.4. The summed E-state index contributed by atoms with van der Waals surface area (Å²) in [5.74, 6) is -4.14. The van der Waals surface area contributed by atoms with Gasteiger partial charge in [-0.15, -0.1) is 0 Å². The molecule has 0 bridgehead atoms. The van der Waals surface area contributed by atoms with E-state index >= 15 is 0 Å². The number of aromatic nitrogens is 1. The van der Waals surface area contributed by atoms with E-state index in [-0.39, 0.29) is 24.7 Å². The molecule has 4 rings (SSSR count). The van der Waals surface area contributed by atoms with Crippen LogP contribution in [0.15, 0.2) is 30.5 Å². The maximum Gasteiger partial charge on any atom is 0.268 e. The number of carbonyl (C=O) groups is 3. The van der Waals surface area contributed by atoms with Gasteiger partial charge in [0.05, 0.1) is 50.9 Å². The normalized spacial score (nSPS) is 19.5. The van der Waals surface area contributed by atoms with E-state index < -0.39 is 43.6 Å². The van der Waals surface area contributed by atoms with Crippen molar-refractivity contribution in [3.05, 3.63) is 36.0 Å². The number of likely N-dealkylation sites (tertiary alicyclic amines) is 1. The first kappa shape index (κ1) is 28.3. The number of quaternary nitrogens is 1. The molecule has 0 aliphatic carbocycles. The minimum absolute atomic E-state index is 0.0441. The Morgan fingerprint density at radius 3 is 2.72 bits per heavy atom. The summed E-state index contributed by atoms with van der Waals surface area (Å²) in [6, 6.07) is 7.12. The number of benzene rings is 1. The molecular weight excluding hydrogens is 512 g/mol. The van der Waals surface area contributed by atoms with Gasteiger partial charge in [0.25, 0.3) is 5.92 Å². The first-order valence-corrected chi connectivity index (χ1v) is 12.8. The van der Waals surface area contributed by atoms with Crippen molar-refractivity contribution in [1.82, 2.24) is 20.1 Å². The Morgan fingerprint density at radius 2 is 2.00 bits per heavy atom. The van der Waals surface area contributed by atoms with Gasteiger partial charge in [0.1, 0.15) is 12.3 Å². The van der Waals surface area contributed by atoms with Crippen LogP contribution >= 0.6 is 0 Å². The number of aliphatic hydroxyl groups excluding tert-OH is 1. The van der Waals surface area contributed by atoms with Crippen LogP contribution in [-0.4, -0.2) is 95.9 Å². The zero-order chi connectivity index (χ0) is 28.2. The van der Waals surface area contributed by atoms with Gasteiger partial charge in [-0.2, -0.15) is 5.26 Å². The number of hydrogen-bond acceptors (Lipinski definition) is 7. The van der Waals surface area contributed by atoms with Crippen LogP contribution in [0.25, 0.3) is 10.9 Å². The number of nitriles is 1. The number of hydrogen-bond donors (Lipinski definition) is 3. The molecule has 2 aromatic rings. The van der Waals surface area contributed by atoms with E-state index in [1.54, 1.807) is 42.3 Å². The summed E-state index contributed by atoms with van der Waals surface area (Å²) in [5, 5.41) is 25.2. The summed E-state index contributed by atoms with van der Waals surface area (Å²) in [7, 11) is 1.60. The van der Waals surface area contributed by atoms with Gasteiger partial charge in [0.15, 0.2) is 0 Å². The number of nitrogens with two attached hydrogens (primary N) is 1. The number of carbonyl (C=O) groups excluding carboxylic acids is 3. The number of alkyl halides is 2. The topological polar surface area (TPSA) is 146 Å². The molecule has 0 saturated carbocycles. The third-order valence-electron chi connectivity index (χ3n) is 7.11. The Bertz CT molecular complexity index is 1280. The molecule has 2 aliphatic heterocycles. The van der Waals surface area contributed by atoms with Gasteiger partial charge in [-0.25, -0.2) is 8.78 Å². The number of rotatable bonds is 8. The summed E-state index contributed by atoms with van der Waals surface area (Å²) in [6.45, 7) is 1.77. The Morgan fingerprint density at radius 1 is 1.26 bits per heavy atom. The lowest BCUT2D eigenvalue weighted by Gasteiger charge is -2.25. The molecule has 39 heavy (non-hydrogen) atoms. The predicted molar refractivity (Wildman–Crippen MR) is 136 cm³/mol. The van der Waals surface area contributed by atoms with Crippen LogP contribution in [0.5, 0.6) is 0 Å². The van der Waals surface area contributed by atoms with Crippen molar-refractivity contribution in [3.8, 4) is 6.07 Å². The first-order chi connectivity index (χ1) is 18.6. The molecule has 4 N–H and O–H groups in total. The number of anilines is 1. The second-order valence-corrected chi connectivity index (χ2v) is 9.81. The van der Waals surface area contributed by atoms with E-state index in [0.29, 0.717) is 35.2 Å². The van der Waals surface area contributed by atoms with E-state index in [2.05, 4.69) is 15.6 Å². The molecule has 3 heterocycles. The Balaban J connectivity index is 1.41. The number of halogens is 2. The van der Waals surface area contributed by atoms with E-state index in [4.69, 9.17) is 5.26 Å². The van der Waals surface area contributed by atoms with Crippen molar-refractivity contribution >= 4 is 34.3 Å². The van der Waals surface area contributed by atoms with Crippen molar-refractivity contribution in [2.45, 2.75) is 37.5 Å². The molecule has 1 aromatic carbocycles. The number of piperazine rings is 1. The van der Waals surface area contributed by atoms with Crippen LogP contribution in [0, 0.1) is 11.3 Å². The van der Waals surface area contributed by atoms with E-state index in [0.717, 1.165) is 18.0 Å². The second kappa shape index (κ2) is 12.0. The highest BCUT2D eigenvalue weighted by Gasteiger charge is 2.47. The highest BCUT2D eigenvalue weighted by atomic mass is 19.3. The second-order valence-electron chi connectivity index (χ2n) is 9.81. The van der Waals surface area contributed by atoms with Gasteiger partial charge >= 0.3 is 0 Å². The predicted octanol–water partition coefficient (Wildman–Crippen LogP) is -0.276. The molecule has 1 aromatic heterocycles. The monoisotopic (exact) mass is 544 g/mol. The Kier molecular flexibility index (Phi) is 8.69. The lowest BCUT2D eigenvalue weighted by Crippen LogP contribution is -2.89. The largest absolute Gasteiger partial charge is 0.374 e. The van der Waals surface area contributed by atoms with E-state index in [9.17, 15) is 28.3 Å². The summed E-state index contributed by atoms with van der Waals surface area (Å²) in [4.78, 5) is 46.1. The van der Waals surface area contributed by atoms with Gasteiger partial charge < -0.3 is 25.1 Å². The standard InChI is InChI=1S/C26H31F2N7O4/c1-33(22(36)4-5-23(37)34-10-8-30-9-11-34)17-2-3-21-20(12-17)19(6-7-31-21)25(39)32-15-24(38)35-16-26(27,28)13-18(35)14-29/h2-3,6-7,12,18,25,30,32,39H,4-5,8-11,13,15-16H2,1H3/p+1/t18-,25?/m0/s1. The third kappa shape index (κ3) is 6.65. The van der Waals surface area contributed by atoms with Crippen LogP contribution in [-0.2, 0) is 14.4 Å². The van der Waals surface area contributed by atoms with Gasteiger partial charge in [0, 0.05) is 49.1 Å². The SMILES string of the molecule is CN(C(=O)CCC(=O)N1CC[NH2+]CC1)c1ccc2nccc(C(O)NCC(=O)N3CC(F)(F)C[C@H]3C#N)c2c1. The van der Waals surface area contributed by atoms with Crippen molar-refractivity contribution in [1.29, 1.82) is 5.26 Å². The molecule has 3 amide bonds. The highest BCUT2D eigenvalue weighted by Crippen LogP contribution is 2.32. The van der Waals surface area contributed by atoms with Gasteiger partial charge in [-0.05, 0) is 24.3 Å². The third-order valence-corrected chi connectivity index (χ3v) is 7.11. The maximum absolute atomic E-state index is 13.7. The van der Waals surface area contributed by atoms with Gasteiger partial charge in [-0.3, -0.25) is 24.7 Å². The first-order valence-electron chi connectivity index (χ1n) is 12.8. The fourth-order valence-corrected chi connectivity index (χ4v) is 4.88. The fourth-order valence-electron chi connectivity index (χ4n) is 4.88.